The Morgan fingerprint density at radius 1 is 1.00 bits per heavy atom. The maximum atomic E-state index is 12.7. The van der Waals surface area contributed by atoms with E-state index in [0.29, 0.717) is 24.3 Å². The van der Waals surface area contributed by atoms with Gasteiger partial charge in [0.1, 0.15) is 0 Å². The van der Waals surface area contributed by atoms with Crippen LogP contribution in [0.5, 0.6) is 0 Å². The van der Waals surface area contributed by atoms with E-state index in [0.717, 1.165) is 18.4 Å². The Morgan fingerprint density at radius 3 is 2.46 bits per heavy atom. The monoisotopic (exact) mass is 377 g/mol. The Labute approximate surface area is 163 Å². The molecule has 1 aliphatic heterocycles. The van der Waals surface area contributed by atoms with Crippen LogP contribution in [0.1, 0.15) is 35.2 Å². The van der Waals surface area contributed by atoms with Gasteiger partial charge in [0.25, 0.3) is 5.91 Å². The highest BCUT2D eigenvalue weighted by molar-refractivity contribution is 6.05. The second-order valence-corrected chi connectivity index (χ2v) is 7.44. The summed E-state index contributed by atoms with van der Waals surface area (Å²) in [5, 5.41) is 5.80. The summed E-state index contributed by atoms with van der Waals surface area (Å²) in [5.41, 5.74) is 1.98. The molecule has 6 heteroatoms. The molecule has 2 fully saturated rings. The third-order valence-electron chi connectivity index (χ3n) is 5.14. The summed E-state index contributed by atoms with van der Waals surface area (Å²) < 4.78 is 0. The minimum absolute atomic E-state index is 0.0243. The number of rotatable bonds is 6. The van der Waals surface area contributed by atoms with Crippen LogP contribution in [0.15, 0.2) is 54.6 Å². The highest BCUT2D eigenvalue weighted by Gasteiger charge is 2.34. The van der Waals surface area contributed by atoms with Crippen LogP contribution in [0, 0.1) is 5.92 Å². The van der Waals surface area contributed by atoms with E-state index in [1.807, 2.05) is 30.3 Å². The average molecular weight is 377 g/mol. The lowest BCUT2D eigenvalue weighted by Crippen LogP contribution is -2.30. The number of amides is 3. The van der Waals surface area contributed by atoms with E-state index in [9.17, 15) is 14.4 Å². The van der Waals surface area contributed by atoms with Gasteiger partial charge >= 0.3 is 0 Å². The van der Waals surface area contributed by atoms with Crippen molar-refractivity contribution >= 4 is 23.4 Å². The molecule has 0 spiro atoms. The van der Waals surface area contributed by atoms with Gasteiger partial charge < -0.3 is 15.5 Å². The second-order valence-electron chi connectivity index (χ2n) is 7.44. The summed E-state index contributed by atoms with van der Waals surface area (Å²) in [4.78, 5) is 39.2. The van der Waals surface area contributed by atoms with Crippen LogP contribution in [-0.2, 0) is 16.1 Å². The fraction of sp³-hybridized carbons (Fsp3) is 0.318. The van der Waals surface area contributed by atoms with Gasteiger partial charge in [-0.15, -0.1) is 0 Å². The van der Waals surface area contributed by atoms with Crippen molar-refractivity contribution in [3.8, 4) is 0 Å². The molecule has 2 N–H and O–H groups in total. The first-order chi connectivity index (χ1) is 13.6. The van der Waals surface area contributed by atoms with Crippen molar-refractivity contribution in [1.29, 1.82) is 0 Å². The van der Waals surface area contributed by atoms with E-state index >= 15 is 0 Å². The summed E-state index contributed by atoms with van der Waals surface area (Å²) in [6.45, 7) is 0.889. The maximum Gasteiger partial charge on any atom is 0.253 e. The van der Waals surface area contributed by atoms with Crippen LogP contribution in [0.25, 0.3) is 0 Å². The smallest absolute Gasteiger partial charge is 0.253 e. The largest absolute Gasteiger partial charge is 0.349 e. The van der Waals surface area contributed by atoms with Crippen molar-refractivity contribution in [3.63, 3.8) is 0 Å². The van der Waals surface area contributed by atoms with E-state index in [2.05, 4.69) is 10.6 Å². The van der Waals surface area contributed by atoms with Gasteiger partial charge in [-0.25, -0.2) is 0 Å². The van der Waals surface area contributed by atoms with Crippen molar-refractivity contribution in [1.82, 2.24) is 10.2 Å². The molecule has 2 aliphatic rings. The third-order valence-corrected chi connectivity index (χ3v) is 5.14. The summed E-state index contributed by atoms with van der Waals surface area (Å²) in [6, 6.07) is 17.0. The van der Waals surface area contributed by atoms with Gasteiger partial charge in [-0.05, 0) is 30.5 Å². The first-order valence-corrected chi connectivity index (χ1v) is 9.62. The standard InChI is InChI=1S/C22H23N3O3/c26-20-12-16(14-25(20)13-15-6-2-1-3-7-15)21(27)24-19-9-5-4-8-18(19)22(28)23-17-10-11-17/h1-9,16-17H,10-14H2,(H,23,28)(H,24,27)/t16-/m1/s1. The topological polar surface area (TPSA) is 78.5 Å². The number of nitrogens with one attached hydrogen (secondary N) is 2. The van der Waals surface area contributed by atoms with Gasteiger partial charge in [-0.3, -0.25) is 14.4 Å². The van der Waals surface area contributed by atoms with Crippen molar-refractivity contribution in [2.45, 2.75) is 31.8 Å². The minimum atomic E-state index is -0.421. The van der Waals surface area contributed by atoms with E-state index in [1.54, 1.807) is 29.2 Å². The molecule has 0 unspecified atom stereocenters. The van der Waals surface area contributed by atoms with Crippen LogP contribution in [0.2, 0.25) is 0 Å². The molecule has 1 aliphatic carbocycles. The van der Waals surface area contributed by atoms with Gasteiger partial charge in [-0.1, -0.05) is 42.5 Å². The predicted octanol–water partition coefficient (Wildman–Crippen LogP) is 2.57. The molecule has 1 saturated heterocycles. The van der Waals surface area contributed by atoms with Gasteiger partial charge in [0.15, 0.2) is 0 Å². The first-order valence-electron chi connectivity index (χ1n) is 9.62. The lowest BCUT2D eigenvalue weighted by molar-refractivity contribution is -0.128. The van der Waals surface area contributed by atoms with E-state index < -0.39 is 5.92 Å². The molecule has 3 amide bonds. The molecule has 0 radical (unpaired) electrons. The molecule has 1 heterocycles. The molecular formula is C22H23N3O3. The molecule has 6 nitrogen and oxygen atoms in total. The zero-order valence-corrected chi connectivity index (χ0v) is 15.6. The molecule has 0 aromatic heterocycles. The number of hydrogen-bond acceptors (Lipinski definition) is 3. The van der Waals surface area contributed by atoms with E-state index in [4.69, 9.17) is 0 Å². The number of hydrogen-bond donors (Lipinski definition) is 2. The lowest BCUT2D eigenvalue weighted by Gasteiger charge is -2.17. The minimum Gasteiger partial charge on any atom is -0.349 e. The van der Waals surface area contributed by atoms with E-state index in [-0.39, 0.29) is 30.2 Å². The molecule has 144 valence electrons. The second kappa shape index (κ2) is 7.84. The number of para-hydroxylation sites is 1. The zero-order valence-electron chi connectivity index (χ0n) is 15.6. The summed E-state index contributed by atoms with van der Waals surface area (Å²) in [5.74, 6) is -0.846. The van der Waals surface area contributed by atoms with Crippen molar-refractivity contribution < 1.29 is 14.4 Å². The van der Waals surface area contributed by atoms with Gasteiger partial charge in [0.05, 0.1) is 17.2 Å². The van der Waals surface area contributed by atoms with Gasteiger partial charge in [-0.2, -0.15) is 0 Å². The molecule has 2 aromatic rings. The normalized spacial score (nSPS) is 18.8. The maximum absolute atomic E-state index is 12.7. The molecule has 0 bridgehead atoms. The average Bonchev–Trinajstić information content (AvgIpc) is 3.44. The Balaban J connectivity index is 1.40. The fourth-order valence-corrected chi connectivity index (χ4v) is 3.42. The fourth-order valence-electron chi connectivity index (χ4n) is 3.42. The highest BCUT2D eigenvalue weighted by Crippen LogP contribution is 2.24. The van der Waals surface area contributed by atoms with Crippen LogP contribution in [0.4, 0.5) is 5.69 Å². The highest BCUT2D eigenvalue weighted by atomic mass is 16.2. The number of likely N-dealkylation sites (tertiary alicyclic amines) is 1. The molecular weight excluding hydrogens is 354 g/mol. The summed E-state index contributed by atoms with van der Waals surface area (Å²) >= 11 is 0. The van der Waals surface area contributed by atoms with Gasteiger partial charge in [0, 0.05) is 25.6 Å². The quantitative estimate of drug-likeness (QED) is 0.812. The lowest BCUT2D eigenvalue weighted by atomic mass is 10.1. The Hall–Kier alpha value is -3.15. The summed E-state index contributed by atoms with van der Waals surface area (Å²) in [6.07, 6.45) is 2.19. The van der Waals surface area contributed by atoms with E-state index in [1.165, 1.54) is 0 Å². The Morgan fingerprint density at radius 2 is 1.71 bits per heavy atom. The number of benzene rings is 2. The molecule has 4 rings (SSSR count). The van der Waals surface area contributed by atoms with Gasteiger partial charge in [0.2, 0.25) is 11.8 Å². The van der Waals surface area contributed by atoms with Crippen molar-refractivity contribution in [2.24, 2.45) is 5.92 Å². The SMILES string of the molecule is O=C(NC1CC1)c1ccccc1NC(=O)[C@@H]1CC(=O)N(Cc2ccccc2)C1. The van der Waals surface area contributed by atoms with Crippen molar-refractivity contribution in [3.05, 3.63) is 65.7 Å². The molecule has 2 aromatic carbocycles. The number of anilines is 1. The predicted molar refractivity (Wildman–Crippen MR) is 106 cm³/mol. The number of carbonyl (C=O) groups is 3. The Bertz CT molecular complexity index is 893. The third kappa shape index (κ3) is 4.22. The first kappa shape index (κ1) is 18.2. The number of carbonyl (C=O) groups excluding carboxylic acids is 3. The van der Waals surface area contributed by atoms with Crippen LogP contribution >= 0.6 is 0 Å². The van der Waals surface area contributed by atoms with Crippen LogP contribution in [-0.4, -0.2) is 35.2 Å². The zero-order chi connectivity index (χ0) is 19.5. The van der Waals surface area contributed by atoms with Crippen LogP contribution < -0.4 is 10.6 Å². The Kier molecular flexibility index (Phi) is 5.10. The van der Waals surface area contributed by atoms with Crippen molar-refractivity contribution in [2.75, 3.05) is 11.9 Å². The number of nitrogens with zero attached hydrogens (tertiary/aromatic N) is 1. The molecule has 1 atom stereocenters. The molecule has 28 heavy (non-hydrogen) atoms. The molecule has 1 saturated carbocycles. The summed E-state index contributed by atoms with van der Waals surface area (Å²) in [7, 11) is 0. The van der Waals surface area contributed by atoms with Crippen LogP contribution in [0.3, 0.4) is 0 Å².